The standard InChI is InChI=1S/C17H13F2N3O3/c1-24-16-5-2-11(8-20)6-12(16)10-25-21-9-17(23)22-15-4-3-13(18)7-14(15)19/h2-7,9H,10H2,1H3,(H,22,23)/b21-9+. The molecule has 8 heteroatoms. The molecule has 6 nitrogen and oxygen atoms in total. The lowest BCUT2D eigenvalue weighted by Crippen LogP contribution is -2.14. The van der Waals surface area contributed by atoms with Gasteiger partial charge in [0.05, 0.1) is 24.4 Å². The fourth-order valence-electron chi connectivity index (χ4n) is 1.91. The molecule has 0 fully saturated rings. The lowest BCUT2D eigenvalue weighted by atomic mass is 10.1. The van der Waals surface area contributed by atoms with Crippen molar-refractivity contribution in [1.29, 1.82) is 5.26 Å². The van der Waals surface area contributed by atoms with Gasteiger partial charge in [-0.05, 0) is 30.3 Å². The fraction of sp³-hybridized carbons (Fsp3) is 0.118. The second-order valence-corrected chi connectivity index (χ2v) is 4.76. The highest BCUT2D eigenvalue weighted by Gasteiger charge is 2.07. The van der Waals surface area contributed by atoms with E-state index in [4.69, 9.17) is 14.8 Å². The Bertz CT molecular complexity index is 848. The predicted molar refractivity (Wildman–Crippen MR) is 86.0 cm³/mol. The van der Waals surface area contributed by atoms with Crippen molar-refractivity contribution in [3.05, 3.63) is 59.2 Å². The molecule has 2 aromatic carbocycles. The molecule has 0 heterocycles. The SMILES string of the molecule is COc1ccc(C#N)cc1CO/N=C/C(=O)Nc1ccc(F)cc1F. The van der Waals surface area contributed by atoms with Gasteiger partial charge in [-0.1, -0.05) is 5.16 Å². The maximum atomic E-state index is 13.4. The van der Waals surface area contributed by atoms with Crippen LogP contribution in [0.25, 0.3) is 0 Å². The molecule has 0 bridgehead atoms. The molecule has 0 saturated carbocycles. The molecule has 0 saturated heterocycles. The van der Waals surface area contributed by atoms with Crippen molar-refractivity contribution in [3.63, 3.8) is 0 Å². The largest absolute Gasteiger partial charge is 0.496 e. The summed E-state index contributed by atoms with van der Waals surface area (Å²) in [6.45, 7) is -0.0343. The number of nitrogens with one attached hydrogen (secondary N) is 1. The maximum absolute atomic E-state index is 13.4. The minimum atomic E-state index is -0.902. The third-order valence-corrected chi connectivity index (χ3v) is 3.06. The highest BCUT2D eigenvalue weighted by atomic mass is 19.1. The Morgan fingerprint density at radius 1 is 1.32 bits per heavy atom. The van der Waals surface area contributed by atoms with Gasteiger partial charge in [0.25, 0.3) is 5.91 Å². The molecule has 1 N–H and O–H groups in total. The number of carbonyl (C=O) groups excluding carboxylic acids is 1. The predicted octanol–water partition coefficient (Wildman–Crippen LogP) is 2.99. The number of rotatable bonds is 6. The van der Waals surface area contributed by atoms with Crippen LogP contribution in [0.15, 0.2) is 41.6 Å². The van der Waals surface area contributed by atoms with Crippen molar-refractivity contribution in [2.75, 3.05) is 12.4 Å². The molecular formula is C17H13F2N3O3. The zero-order chi connectivity index (χ0) is 18.2. The van der Waals surface area contributed by atoms with E-state index >= 15 is 0 Å². The van der Waals surface area contributed by atoms with Crippen molar-refractivity contribution in [1.82, 2.24) is 0 Å². The van der Waals surface area contributed by atoms with Crippen molar-refractivity contribution in [2.24, 2.45) is 5.16 Å². The zero-order valence-corrected chi connectivity index (χ0v) is 13.1. The minimum absolute atomic E-state index is 0.0343. The average Bonchev–Trinajstić information content (AvgIpc) is 2.61. The third-order valence-electron chi connectivity index (χ3n) is 3.06. The summed E-state index contributed by atoms with van der Waals surface area (Å²) < 4.78 is 31.3. The van der Waals surface area contributed by atoms with Gasteiger partial charge in [0, 0.05) is 11.6 Å². The van der Waals surface area contributed by atoms with Crippen LogP contribution in [0, 0.1) is 23.0 Å². The number of nitrogens with zero attached hydrogens (tertiary/aromatic N) is 2. The summed E-state index contributed by atoms with van der Waals surface area (Å²) in [5.74, 6) is -1.89. The number of amides is 1. The van der Waals surface area contributed by atoms with Gasteiger partial charge in [-0.15, -0.1) is 0 Å². The lowest BCUT2D eigenvalue weighted by molar-refractivity contribution is -0.110. The van der Waals surface area contributed by atoms with Crippen LogP contribution in [0.5, 0.6) is 5.75 Å². The summed E-state index contributed by atoms with van der Waals surface area (Å²) in [6.07, 6.45) is 0.809. The first-order valence-corrected chi connectivity index (χ1v) is 7.02. The van der Waals surface area contributed by atoms with Gasteiger partial charge in [-0.3, -0.25) is 4.79 Å². The van der Waals surface area contributed by atoms with Gasteiger partial charge in [0.15, 0.2) is 0 Å². The number of oxime groups is 1. The number of methoxy groups -OCH3 is 1. The molecule has 0 aliphatic heterocycles. The summed E-state index contributed by atoms with van der Waals surface area (Å²) in [5.41, 5.74) is 0.817. The van der Waals surface area contributed by atoms with E-state index in [9.17, 15) is 13.6 Å². The highest BCUT2D eigenvalue weighted by Crippen LogP contribution is 2.20. The molecule has 25 heavy (non-hydrogen) atoms. The molecule has 0 aromatic heterocycles. The number of ether oxygens (including phenoxy) is 1. The van der Waals surface area contributed by atoms with Gasteiger partial charge in [0.2, 0.25) is 0 Å². The number of benzene rings is 2. The summed E-state index contributed by atoms with van der Waals surface area (Å²) in [7, 11) is 1.47. The number of hydrogen-bond acceptors (Lipinski definition) is 5. The van der Waals surface area contributed by atoms with Gasteiger partial charge in [-0.25, -0.2) is 8.78 Å². The number of nitriles is 1. The Hall–Kier alpha value is -3.47. The van der Waals surface area contributed by atoms with Crippen molar-refractivity contribution < 1.29 is 23.1 Å². The van der Waals surface area contributed by atoms with E-state index in [2.05, 4.69) is 10.5 Å². The van der Waals surface area contributed by atoms with Crippen LogP contribution in [0.4, 0.5) is 14.5 Å². The fourth-order valence-corrected chi connectivity index (χ4v) is 1.91. The van der Waals surface area contributed by atoms with Crippen LogP contribution in [-0.4, -0.2) is 19.2 Å². The summed E-state index contributed by atoms with van der Waals surface area (Å²) >= 11 is 0. The normalized spacial score (nSPS) is 10.3. The smallest absolute Gasteiger partial charge is 0.270 e. The Morgan fingerprint density at radius 2 is 2.12 bits per heavy atom. The quantitative estimate of drug-likeness (QED) is 0.644. The van der Waals surface area contributed by atoms with Crippen LogP contribution in [0.1, 0.15) is 11.1 Å². The van der Waals surface area contributed by atoms with Gasteiger partial charge in [0.1, 0.15) is 30.2 Å². The molecule has 0 aliphatic carbocycles. The number of carbonyl (C=O) groups is 1. The second kappa shape index (κ2) is 8.40. The summed E-state index contributed by atoms with van der Waals surface area (Å²) in [5, 5.41) is 14.5. The highest BCUT2D eigenvalue weighted by molar-refractivity contribution is 6.31. The molecule has 0 atom stereocenters. The first-order valence-electron chi connectivity index (χ1n) is 7.02. The van der Waals surface area contributed by atoms with Crippen LogP contribution in [-0.2, 0) is 16.2 Å². The van der Waals surface area contributed by atoms with Crippen LogP contribution in [0.2, 0.25) is 0 Å². The Kier molecular flexibility index (Phi) is 6.01. The monoisotopic (exact) mass is 345 g/mol. The molecule has 2 rings (SSSR count). The van der Waals surface area contributed by atoms with Crippen molar-refractivity contribution >= 4 is 17.8 Å². The topological polar surface area (TPSA) is 83.7 Å². The lowest BCUT2D eigenvalue weighted by Gasteiger charge is -2.07. The first-order chi connectivity index (χ1) is 12.0. The van der Waals surface area contributed by atoms with Crippen LogP contribution >= 0.6 is 0 Å². The summed E-state index contributed by atoms with van der Waals surface area (Å²) in [6, 6.07) is 9.53. The van der Waals surface area contributed by atoms with Crippen molar-refractivity contribution in [2.45, 2.75) is 6.61 Å². The first kappa shape index (κ1) is 17.9. The average molecular weight is 345 g/mol. The van der Waals surface area contributed by atoms with E-state index in [1.165, 1.54) is 7.11 Å². The van der Waals surface area contributed by atoms with Crippen LogP contribution < -0.4 is 10.1 Å². The van der Waals surface area contributed by atoms with E-state index in [1.54, 1.807) is 18.2 Å². The van der Waals surface area contributed by atoms with Crippen molar-refractivity contribution in [3.8, 4) is 11.8 Å². The Labute approximate surface area is 142 Å². The summed E-state index contributed by atoms with van der Waals surface area (Å²) in [4.78, 5) is 16.6. The van der Waals surface area contributed by atoms with Crippen LogP contribution in [0.3, 0.4) is 0 Å². The van der Waals surface area contributed by atoms with Gasteiger partial charge >= 0.3 is 0 Å². The number of halogens is 2. The Morgan fingerprint density at radius 3 is 2.80 bits per heavy atom. The van der Waals surface area contributed by atoms with Gasteiger partial charge in [-0.2, -0.15) is 5.26 Å². The van der Waals surface area contributed by atoms with E-state index in [0.29, 0.717) is 22.9 Å². The van der Waals surface area contributed by atoms with E-state index in [-0.39, 0.29) is 12.3 Å². The maximum Gasteiger partial charge on any atom is 0.270 e. The second-order valence-electron chi connectivity index (χ2n) is 4.76. The molecule has 0 unspecified atom stereocenters. The molecule has 0 radical (unpaired) electrons. The van der Waals surface area contributed by atoms with Gasteiger partial charge < -0.3 is 14.9 Å². The molecule has 0 spiro atoms. The molecule has 128 valence electrons. The van der Waals surface area contributed by atoms with E-state index in [1.807, 2.05) is 6.07 Å². The van der Waals surface area contributed by atoms with E-state index in [0.717, 1.165) is 18.3 Å². The molecular weight excluding hydrogens is 332 g/mol. The molecule has 2 aromatic rings. The third kappa shape index (κ3) is 5.00. The number of hydrogen-bond donors (Lipinski definition) is 1. The number of anilines is 1. The minimum Gasteiger partial charge on any atom is -0.496 e. The molecule has 1 amide bonds. The molecule has 0 aliphatic rings. The Balaban J connectivity index is 1.93. The zero-order valence-electron chi connectivity index (χ0n) is 13.1. The van der Waals surface area contributed by atoms with E-state index < -0.39 is 17.5 Å².